The molecule has 0 aliphatic rings. The highest BCUT2D eigenvalue weighted by atomic mass is 16.5. The zero-order chi connectivity index (χ0) is 13.7. The normalized spacial score (nSPS) is 10.4. The fourth-order valence-electron chi connectivity index (χ4n) is 1.82. The molecule has 0 aliphatic heterocycles. The van der Waals surface area contributed by atoms with Crippen LogP contribution in [0.15, 0.2) is 36.5 Å². The number of nitrogens with zero attached hydrogens (tertiary/aromatic N) is 1. The lowest BCUT2D eigenvalue weighted by Gasteiger charge is -2.03. The van der Waals surface area contributed by atoms with Gasteiger partial charge < -0.3 is 4.74 Å². The zero-order valence-corrected chi connectivity index (χ0v) is 10.8. The number of esters is 1. The first-order valence-electron chi connectivity index (χ1n) is 6.24. The summed E-state index contributed by atoms with van der Waals surface area (Å²) in [4.78, 5) is 27.4. The van der Waals surface area contributed by atoms with Crippen molar-refractivity contribution in [2.45, 2.75) is 19.8 Å². The second-order valence-corrected chi connectivity index (χ2v) is 4.14. The Labute approximate surface area is 111 Å². The molecule has 1 aromatic carbocycles. The van der Waals surface area contributed by atoms with E-state index in [2.05, 4.69) is 4.98 Å². The van der Waals surface area contributed by atoms with Crippen molar-refractivity contribution in [3.63, 3.8) is 0 Å². The van der Waals surface area contributed by atoms with Gasteiger partial charge in [0.1, 0.15) is 0 Å². The summed E-state index contributed by atoms with van der Waals surface area (Å²) in [5.74, 6) is -0.434. The highest BCUT2D eigenvalue weighted by molar-refractivity contribution is 5.99. The molecule has 0 spiro atoms. The molecule has 0 radical (unpaired) electrons. The molecular weight excluding hydrogens is 242 g/mol. The maximum atomic E-state index is 11.9. The Morgan fingerprint density at radius 1 is 1.21 bits per heavy atom. The number of aromatic nitrogens is 1. The number of hydrogen-bond donors (Lipinski definition) is 0. The Kier molecular flexibility index (Phi) is 4.23. The number of para-hydroxylation sites is 1. The summed E-state index contributed by atoms with van der Waals surface area (Å²) in [6.07, 6.45) is 1.81. The fraction of sp³-hybridized carbons (Fsp3) is 0.267. The number of benzene rings is 1. The Balaban J connectivity index is 2.07. The second kappa shape index (κ2) is 6.09. The Morgan fingerprint density at radius 3 is 2.79 bits per heavy atom. The monoisotopic (exact) mass is 257 g/mol. The van der Waals surface area contributed by atoms with E-state index < -0.39 is 0 Å². The van der Waals surface area contributed by atoms with Gasteiger partial charge in [-0.2, -0.15) is 0 Å². The number of carbonyl (C=O) groups excluding carboxylic acids is 2. The standard InChI is InChI=1S/C15H15NO3/c1-2-19-15(18)8-7-14(17)12-9-11-5-3-4-6-13(11)16-10-12/h3-6,9-10H,2,7-8H2,1H3. The predicted octanol–water partition coefficient (Wildman–Crippen LogP) is 2.76. The molecule has 0 bridgehead atoms. The third-order valence-electron chi connectivity index (χ3n) is 2.77. The maximum Gasteiger partial charge on any atom is 0.306 e. The molecule has 0 saturated carbocycles. The highest BCUT2D eigenvalue weighted by Crippen LogP contribution is 2.14. The first kappa shape index (κ1) is 13.2. The minimum atomic E-state index is -0.343. The number of pyridine rings is 1. The Hall–Kier alpha value is -2.23. The van der Waals surface area contributed by atoms with Crippen LogP contribution in [0.4, 0.5) is 0 Å². The lowest BCUT2D eigenvalue weighted by atomic mass is 10.1. The molecule has 0 N–H and O–H groups in total. The van der Waals surface area contributed by atoms with Crippen molar-refractivity contribution in [2.24, 2.45) is 0 Å². The summed E-state index contributed by atoms with van der Waals surface area (Å²) in [7, 11) is 0. The van der Waals surface area contributed by atoms with Crippen LogP contribution in [-0.4, -0.2) is 23.3 Å². The number of carbonyl (C=O) groups is 2. The van der Waals surface area contributed by atoms with Crippen molar-refractivity contribution in [3.05, 3.63) is 42.1 Å². The summed E-state index contributed by atoms with van der Waals surface area (Å²) in [6, 6.07) is 9.40. The molecule has 0 atom stereocenters. The van der Waals surface area contributed by atoms with Crippen molar-refractivity contribution in [3.8, 4) is 0 Å². The van der Waals surface area contributed by atoms with Gasteiger partial charge in [-0.3, -0.25) is 14.6 Å². The van der Waals surface area contributed by atoms with Crippen LogP contribution in [-0.2, 0) is 9.53 Å². The third-order valence-corrected chi connectivity index (χ3v) is 2.77. The Bertz CT molecular complexity index is 607. The topological polar surface area (TPSA) is 56.3 Å². The molecule has 19 heavy (non-hydrogen) atoms. The van der Waals surface area contributed by atoms with E-state index in [1.165, 1.54) is 0 Å². The van der Waals surface area contributed by atoms with E-state index in [1.807, 2.05) is 24.3 Å². The molecule has 98 valence electrons. The minimum absolute atomic E-state index is 0.0914. The number of ether oxygens (including phenoxy) is 1. The molecule has 0 fully saturated rings. The summed E-state index contributed by atoms with van der Waals surface area (Å²) in [6.45, 7) is 2.08. The van der Waals surface area contributed by atoms with Gasteiger partial charge in [0, 0.05) is 23.6 Å². The first-order chi connectivity index (χ1) is 9.20. The lowest BCUT2D eigenvalue weighted by Crippen LogP contribution is -2.08. The van der Waals surface area contributed by atoms with Crippen molar-refractivity contribution in [1.29, 1.82) is 0 Å². The van der Waals surface area contributed by atoms with Gasteiger partial charge >= 0.3 is 5.97 Å². The van der Waals surface area contributed by atoms with Gasteiger partial charge in [-0.25, -0.2) is 0 Å². The molecule has 0 aliphatic carbocycles. The van der Waals surface area contributed by atoms with Crippen molar-refractivity contribution in [2.75, 3.05) is 6.61 Å². The van der Waals surface area contributed by atoms with E-state index in [0.29, 0.717) is 12.2 Å². The Morgan fingerprint density at radius 2 is 2.00 bits per heavy atom. The SMILES string of the molecule is CCOC(=O)CCC(=O)c1cnc2ccccc2c1. The van der Waals surface area contributed by atoms with Gasteiger partial charge in [-0.05, 0) is 19.1 Å². The average molecular weight is 257 g/mol. The molecule has 2 aromatic rings. The quantitative estimate of drug-likeness (QED) is 0.610. The van der Waals surface area contributed by atoms with Crippen LogP contribution in [0.1, 0.15) is 30.1 Å². The average Bonchev–Trinajstić information content (AvgIpc) is 2.44. The van der Waals surface area contributed by atoms with E-state index in [1.54, 1.807) is 19.2 Å². The number of fused-ring (bicyclic) bond motifs is 1. The van der Waals surface area contributed by atoms with E-state index in [9.17, 15) is 9.59 Å². The summed E-state index contributed by atoms with van der Waals surface area (Å²) in [5.41, 5.74) is 1.38. The molecular formula is C15H15NO3. The minimum Gasteiger partial charge on any atom is -0.466 e. The van der Waals surface area contributed by atoms with Gasteiger partial charge in [-0.15, -0.1) is 0 Å². The van der Waals surface area contributed by atoms with Crippen LogP contribution in [0.3, 0.4) is 0 Å². The molecule has 0 unspecified atom stereocenters. The predicted molar refractivity (Wildman–Crippen MR) is 71.9 cm³/mol. The van der Waals surface area contributed by atoms with E-state index in [-0.39, 0.29) is 24.6 Å². The first-order valence-corrected chi connectivity index (χ1v) is 6.24. The van der Waals surface area contributed by atoms with Gasteiger partial charge in [0.2, 0.25) is 0 Å². The van der Waals surface area contributed by atoms with Gasteiger partial charge in [-0.1, -0.05) is 18.2 Å². The maximum absolute atomic E-state index is 11.9. The number of hydrogen-bond acceptors (Lipinski definition) is 4. The van der Waals surface area contributed by atoms with Gasteiger partial charge in [0.05, 0.1) is 18.5 Å². The zero-order valence-electron chi connectivity index (χ0n) is 10.8. The molecule has 4 nitrogen and oxygen atoms in total. The van der Waals surface area contributed by atoms with Crippen LogP contribution < -0.4 is 0 Å². The van der Waals surface area contributed by atoms with Crippen LogP contribution in [0.5, 0.6) is 0 Å². The fourth-order valence-corrected chi connectivity index (χ4v) is 1.82. The highest BCUT2D eigenvalue weighted by Gasteiger charge is 2.10. The van der Waals surface area contributed by atoms with E-state index >= 15 is 0 Å². The van der Waals surface area contributed by atoms with Crippen molar-refractivity contribution in [1.82, 2.24) is 4.98 Å². The van der Waals surface area contributed by atoms with Crippen LogP contribution in [0, 0.1) is 0 Å². The van der Waals surface area contributed by atoms with Crippen LogP contribution in [0.2, 0.25) is 0 Å². The molecule has 1 heterocycles. The molecule has 2 rings (SSSR count). The number of rotatable bonds is 5. The molecule has 4 heteroatoms. The number of Topliss-reactive ketones (excluding diaryl/α,β-unsaturated/α-hetero) is 1. The third kappa shape index (κ3) is 3.37. The second-order valence-electron chi connectivity index (χ2n) is 4.14. The van der Waals surface area contributed by atoms with E-state index in [0.717, 1.165) is 10.9 Å². The van der Waals surface area contributed by atoms with Crippen LogP contribution in [0.25, 0.3) is 10.9 Å². The van der Waals surface area contributed by atoms with Crippen molar-refractivity contribution >= 4 is 22.7 Å². The van der Waals surface area contributed by atoms with Gasteiger partial charge in [0.25, 0.3) is 0 Å². The molecule has 0 amide bonds. The van der Waals surface area contributed by atoms with Gasteiger partial charge in [0.15, 0.2) is 5.78 Å². The lowest BCUT2D eigenvalue weighted by molar-refractivity contribution is -0.143. The summed E-state index contributed by atoms with van der Waals surface area (Å²) in [5, 5.41) is 0.921. The number of ketones is 1. The molecule has 0 saturated heterocycles. The smallest absolute Gasteiger partial charge is 0.306 e. The molecule has 1 aromatic heterocycles. The van der Waals surface area contributed by atoms with E-state index in [4.69, 9.17) is 4.74 Å². The largest absolute Gasteiger partial charge is 0.466 e. The summed E-state index contributed by atoms with van der Waals surface area (Å²) < 4.78 is 4.79. The van der Waals surface area contributed by atoms with Crippen molar-refractivity contribution < 1.29 is 14.3 Å². The van der Waals surface area contributed by atoms with Crippen LogP contribution >= 0.6 is 0 Å². The summed E-state index contributed by atoms with van der Waals surface area (Å²) >= 11 is 0.